The number of sulfone groups is 1. The Bertz CT molecular complexity index is 594. The summed E-state index contributed by atoms with van der Waals surface area (Å²) in [4.78, 5) is 12.5. The van der Waals surface area contributed by atoms with Crippen LogP contribution in [0.25, 0.3) is 0 Å². The zero-order chi connectivity index (χ0) is 16.3. The summed E-state index contributed by atoms with van der Waals surface area (Å²) in [6.07, 6.45) is 0. The zero-order valence-electron chi connectivity index (χ0n) is 13.0. The average molecular weight is 312 g/mol. The molecule has 1 unspecified atom stereocenters. The minimum absolute atomic E-state index is 0.0388. The van der Waals surface area contributed by atoms with Gasteiger partial charge in [-0.15, -0.1) is 0 Å². The minimum Gasteiger partial charge on any atom is -0.345 e. The van der Waals surface area contributed by atoms with Gasteiger partial charge >= 0.3 is 0 Å². The summed E-state index contributed by atoms with van der Waals surface area (Å²) in [5.74, 6) is -0.0276. The third-order valence-corrected chi connectivity index (χ3v) is 5.70. The van der Waals surface area contributed by atoms with Crippen LogP contribution in [-0.2, 0) is 9.84 Å². The maximum absolute atomic E-state index is 12.2. The third-order valence-electron chi connectivity index (χ3n) is 3.95. The molecule has 1 aromatic carbocycles. The number of nitrogens with one attached hydrogen (secondary N) is 1. The van der Waals surface area contributed by atoms with Crippen molar-refractivity contribution in [2.75, 3.05) is 12.3 Å². The predicted octanol–water partition coefficient (Wildman–Crippen LogP) is 1.58. The van der Waals surface area contributed by atoms with Gasteiger partial charge in [-0.25, -0.2) is 8.42 Å². The zero-order valence-corrected chi connectivity index (χ0v) is 13.8. The number of benzene rings is 1. The van der Waals surface area contributed by atoms with Crippen molar-refractivity contribution in [1.29, 1.82) is 0 Å². The van der Waals surface area contributed by atoms with Crippen molar-refractivity contribution >= 4 is 15.7 Å². The maximum Gasteiger partial charge on any atom is 0.251 e. The van der Waals surface area contributed by atoms with E-state index in [-0.39, 0.29) is 22.5 Å². The molecule has 0 aliphatic rings. The average Bonchev–Trinajstić information content (AvgIpc) is 2.46. The summed E-state index contributed by atoms with van der Waals surface area (Å²) in [6, 6.07) is 5.97. The molecular formula is C15H24N2O3S. The summed E-state index contributed by atoms with van der Waals surface area (Å²) >= 11 is 0. The summed E-state index contributed by atoms with van der Waals surface area (Å²) in [5.41, 5.74) is 5.67. The van der Waals surface area contributed by atoms with Crippen LogP contribution < -0.4 is 11.1 Å². The Balaban J connectivity index is 2.95. The van der Waals surface area contributed by atoms with Crippen LogP contribution in [-0.4, -0.2) is 32.2 Å². The van der Waals surface area contributed by atoms with Crippen LogP contribution >= 0.6 is 0 Å². The Morgan fingerprint density at radius 1 is 1.29 bits per heavy atom. The molecule has 0 aromatic heterocycles. The Morgan fingerprint density at radius 2 is 1.81 bits per heavy atom. The number of hydrogen-bond acceptors (Lipinski definition) is 4. The van der Waals surface area contributed by atoms with Crippen molar-refractivity contribution in [2.24, 2.45) is 11.7 Å². The van der Waals surface area contributed by atoms with Crippen molar-refractivity contribution in [3.8, 4) is 0 Å². The molecule has 1 rings (SSSR count). The first-order valence-corrected chi connectivity index (χ1v) is 8.67. The third kappa shape index (κ3) is 4.04. The number of carbonyl (C=O) groups excluding carboxylic acids is 1. The van der Waals surface area contributed by atoms with Crippen LogP contribution in [0.5, 0.6) is 0 Å². The Kier molecular flexibility index (Phi) is 5.53. The summed E-state index contributed by atoms with van der Waals surface area (Å²) in [7, 11) is -3.25. The fourth-order valence-electron chi connectivity index (χ4n) is 1.74. The lowest BCUT2D eigenvalue weighted by molar-refractivity contribution is 0.0883. The molecule has 0 fully saturated rings. The molecule has 1 aromatic rings. The first-order valence-electron chi connectivity index (χ1n) is 7.01. The molecule has 0 radical (unpaired) electrons. The lowest BCUT2D eigenvalue weighted by atomic mass is 9.88. The van der Waals surface area contributed by atoms with E-state index in [9.17, 15) is 13.2 Å². The highest BCUT2D eigenvalue weighted by molar-refractivity contribution is 7.91. The number of nitrogens with two attached hydrogens (primary N) is 1. The first-order chi connectivity index (χ1) is 9.66. The van der Waals surface area contributed by atoms with Crippen molar-refractivity contribution in [1.82, 2.24) is 5.32 Å². The molecule has 0 saturated heterocycles. The van der Waals surface area contributed by atoms with Gasteiger partial charge in [0.2, 0.25) is 0 Å². The first kappa shape index (κ1) is 17.7. The second-order valence-corrected chi connectivity index (χ2v) is 7.94. The van der Waals surface area contributed by atoms with Crippen LogP contribution in [0.2, 0.25) is 0 Å². The van der Waals surface area contributed by atoms with E-state index in [4.69, 9.17) is 5.73 Å². The van der Waals surface area contributed by atoms with Crippen LogP contribution in [0.1, 0.15) is 38.1 Å². The van der Waals surface area contributed by atoms with Crippen LogP contribution in [0.3, 0.4) is 0 Å². The molecule has 0 spiro atoms. The van der Waals surface area contributed by atoms with Gasteiger partial charge in [0, 0.05) is 12.1 Å². The molecule has 0 saturated carbocycles. The summed E-state index contributed by atoms with van der Waals surface area (Å²) < 4.78 is 23.5. The van der Waals surface area contributed by atoms with Crippen LogP contribution in [0.15, 0.2) is 29.2 Å². The van der Waals surface area contributed by atoms with Gasteiger partial charge in [0.15, 0.2) is 9.84 Å². The van der Waals surface area contributed by atoms with Crippen LogP contribution in [0, 0.1) is 5.92 Å². The van der Waals surface area contributed by atoms with Gasteiger partial charge in [-0.05, 0) is 37.1 Å². The normalized spacial score (nSPS) is 14.8. The van der Waals surface area contributed by atoms with Gasteiger partial charge < -0.3 is 11.1 Å². The number of rotatable bonds is 6. The van der Waals surface area contributed by atoms with E-state index in [0.29, 0.717) is 12.1 Å². The van der Waals surface area contributed by atoms with Crippen molar-refractivity contribution in [3.63, 3.8) is 0 Å². The van der Waals surface area contributed by atoms with Crippen LogP contribution in [0.4, 0.5) is 0 Å². The van der Waals surface area contributed by atoms with E-state index in [0.717, 1.165) is 0 Å². The molecule has 118 valence electrons. The smallest absolute Gasteiger partial charge is 0.251 e. The van der Waals surface area contributed by atoms with E-state index in [1.54, 1.807) is 6.92 Å². The molecule has 1 amide bonds. The van der Waals surface area contributed by atoms with Crippen molar-refractivity contribution < 1.29 is 13.2 Å². The fraction of sp³-hybridized carbons (Fsp3) is 0.533. The lowest BCUT2D eigenvalue weighted by Crippen LogP contribution is -2.55. The lowest BCUT2D eigenvalue weighted by Gasteiger charge is -2.33. The molecular weight excluding hydrogens is 288 g/mol. The molecule has 0 bridgehead atoms. The highest BCUT2D eigenvalue weighted by Gasteiger charge is 2.28. The topological polar surface area (TPSA) is 89.3 Å². The number of hydrogen-bond donors (Lipinski definition) is 2. The number of carbonyl (C=O) groups is 1. The summed E-state index contributed by atoms with van der Waals surface area (Å²) in [6.45, 7) is 7.80. The maximum atomic E-state index is 12.2. The van der Waals surface area contributed by atoms with E-state index in [1.807, 2.05) is 20.8 Å². The van der Waals surface area contributed by atoms with Gasteiger partial charge in [0.25, 0.3) is 5.91 Å². The molecule has 0 aliphatic carbocycles. The van der Waals surface area contributed by atoms with Gasteiger partial charge in [0.1, 0.15) is 0 Å². The van der Waals surface area contributed by atoms with Gasteiger partial charge in [-0.3, -0.25) is 4.79 Å². The molecule has 0 aliphatic heterocycles. The highest BCUT2D eigenvalue weighted by atomic mass is 32.2. The summed E-state index contributed by atoms with van der Waals surface area (Å²) in [5, 5.41) is 2.92. The highest BCUT2D eigenvalue weighted by Crippen LogP contribution is 2.17. The molecule has 1 atom stereocenters. The second kappa shape index (κ2) is 6.58. The SMILES string of the molecule is CCS(=O)(=O)c1ccc(C(=O)NC(C)(CN)C(C)C)cc1. The Morgan fingerprint density at radius 3 is 2.19 bits per heavy atom. The molecule has 3 N–H and O–H groups in total. The standard InChI is InChI=1S/C15H24N2O3S/c1-5-21(19,20)13-8-6-12(7-9-13)14(18)17-15(4,10-16)11(2)3/h6-9,11H,5,10,16H2,1-4H3,(H,17,18). The Labute approximate surface area is 126 Å². The quantitative estimate of drug-likeness (QED) is 0.834. The Hall–Kier alpha value is -1.40. The van der Waals surface area contributed by atoms with Crippen molar-refractivity contribution in [3.05, 3.63) is 29.8 Å². The van der Waals surface area contributed by atoms with Gasteiger partial charge in [-0.2, -0.15) is 0 Å². The monoisotopic (exact) mass is 312 g/mol. The predicted molar refractivity (Wildman–Crippen MR) is 83.9 cm³/mol. The largest absolute Gasteiger partial charge is 0.345 e. The van der Waals surface area contributed by atoms with Gasteiger partial charge in [0.05, 0.1) is 16.2 Å². The van der Waals surface area contributed by atoms with E-state index >= 15 is 0 Å². The van der Waals surface area contributed by atoms with E-state index in [1.165, 1.54) is 24.3 Å². The number of amides is 1. The van der Waals surface area contributed by atoms with E-state index in [2.05, 4.69) is 5.32 Å². The molecule has 0 heterocycles. The molecule has 21 heavy (non-hydrogen) atoms. The molecule has 6 heteroatoms. The van der Waals surface area contributed by atoms with Gasteiger partial charge in [-0.1, -0.05) is 20.8 Å². The second-order valence-electron chi connectivity index (χ2n) is 5.66. The van der Waals surface area contributed by atoms with E-state index < -0.39 is 15.4 Å². The fourth-order valence-corrected chi connectivity index (χ4v) is 2.63. The van der Waals surface area contributed by atoms with Crippen molar-refractivity contribution in [2.45, 2.75) is 38.1 Å². The minimum atomic E-state index is -3.25. The molecule has 5 nitrogen and oxygen atoms in total.